The average Bonchev–Trinajstić information content (AvgIpc) is 2.96. The van der Waals surface area contributed by atoms with Gasteiger partial charge in [0.2, 0.25) is 0 Å². The van der Waals surface area contributed by atoms with Crippen molar-refractivity contribution < 1.29 is 4.74 Å². The van der Waals surface area contributed by atoms with E-state index in [4.69, 9.17) is 4.74 Å². The third-order valence-corrected chi connectivity index (χ3v) is 4.42. The van der Waals surface area contributed by atoms with Gasteiger partial charge >= 0.3 is 0 Å². The van der Waals surface area contributed by atoms with Gasteiger partial charge in [-0.3, -0.25) is 0 Å². The molecule has 0 spiro atoms. The molecule has 118 valence electrons. The molecule has 1 aliphatic rings. The highest BCUT2D eigenvalue weighted by molar-refractivity contribution is 5.30. The monoisotopic (exact) mass is 289 g/mol. The second-order valence-electron chi connectivity index (χ2n) is 6.58. The fourth-order valence-corrected chi connectivity index (χ4v) is 3.41. The molecule has 1 fully saturated rings. The van der Waals surface area contributed by atoms with E-state index < -0.39 is 0 Å². The van der Waals surface area contributed by atoms with Gasteiger partial charge in [-0.15, -0.1) is 0 Å². The van der Waals surface area contributed by atoms with Gasteiger partial charge in [0.1, 0.15) is 5.75 Å². The minimum atomic E-state index is 0.233. The Bertz CT molecular complexity index is 410. The Kier molecular flexibility index (Phi) is 6.56. The molecule has 0 aromatic heterocycles. The van der Waals surface area contributed by atoms with Crippen LogP contribution in [0.4, 0.5) is 0 Å². The van der Waals surface area contributed by atoms with E-state index >= 15 is 0 Å². The van der Waals surface area contributed by atoms with E-state index in [1.54, 1.807) is 0 Å². The molecule has 0 saturated heterocycles. The van der Waals surface area contributed by atoms with Crippen LogP contribution < -0.4 is 10.1 Å². The van der Waals surface area contributed by atoms with Crippen LogP contribution in [-0.2, 0) is 0 Å². The zero-order valence-electron chi connectivity index (χ0n) is 13.9. The van der Waals surface area contributed by atoms with Gasteiger partial charge in [0, 0.05) is 6.04 Å². The van der Waals surface area contributed by atoms with Crippen molar-refractivity contribution >= 4 is 0 Å². The van der Waals surface area contributed by atoms with E-state index in [0.29, 0.717) is 6.04 Å². The van der Waals surface area contributed by atoms with E-state index in [2.05, 4.69) is 50.4 Å². The van der Waals surface area contributed by atoms with Gasteiger partial charge in [0.15, 0.2) is 0 Å². The summed E-state index contributed by atoms with van der Waals surface area (Å²) in [6.45, 7) is 7.37. The third-order valence-electron chi connectivity index (χ3n) is 4.42. The van der Waals surface area contributed by atoms with Gasteiger partial charge in [-0.1, -0.05) is 44.7 Å². The fraction of sp³-hybridized carbons (Fsp3) is 0.684. The largest absolute Gasteiger partial charge is 0.491 e. The van der Waals surface area contributed by atoms with Crippen LogP contribution in [0.15, 0.2) is 24.3 Å². The molecular weight excluding hydrogens is 258 g/mol. The molecule has 1 aromatic carbocycles. The molecule has 0 aliphatic heterocycles. The normalized spacial score (nSPS) is 17.3. The third kappa shape index (κ3) is 5.35. The topological polar surface area (TPSA) is 21.3 Å². The summed E-state index contributed by atoms with van der Waals surface area (Å²) in [5.41, 5.74) is 1.37. The predicted molar refractivity (Wildman–Crippen MR) is 89.8 cm³/mol. The van der Waals surface area contributed by atoms with Crippen molar-refractivity contribution in [3.8, 4) is 5.75 Å². The van der Waals surface area contributed by atoms with Crippen LogP contribution in [0.25, 0.3) is 0 Å². The smallest absolute Gasteiger partial charge is 0.120 e. The van der Waals surface area contributed by atoms with Crippen molar-refractivity contribution in [2.45, 2.75) is 71.4 Å². The summed E-state index contributed by atoms with van der Waals surface area (Å²) in [6, 6.07) is 9.08. The Labute approximate surface area is 130 Å². The van der Waals surface area contributed by atoms with Crippen molar-refractivity contribution in [2.75, 3.05) is 6.54 Å². The molecule has 1 unspecified atom stereocenters. The van der Waals surface area contributed by atoms with Gasteiger partial charge in [0.25, 0.3) is 0 Å². The van der Waals surface area contributed by atoms with Gasteiger partial charge in [-0.05, 0) is 56.8 Å². The van der Waals surface area contributed by atoms with Crippen molar-refractivity contribution in [1.82, 2.24) is 5.32 Å². The molecule has 2 rings (SSSR count). The summed E-state index contributed by atoms with van der Waals surface area (Å²) < 4.78 is 5.83. The van der Waals surface area contributed by atoms with E-state index in [1.165, 1.54) is 44.1 Å². The lowest BCUT2D eigenvalue weighted by Crippen LogP contribution is -2.21. The number of nitrogens with one attached hydrogen (secondary N) is 1. The molecule has 1 aromatic rings. The summed E-state index contributed by atoms with van der Waals surface area (Å²) in [7, 11) is 0. The van der Waals surface area contributed by atoms with Crippen molar-refractivity contribution in [3.63, 3.8) is 0 Å². The molecule has 1 atom stereocenters. The highest BCUT2D eigenvalue weighted by Crippen LogP contribution is 2.32. The molecule has 21 heavy (non-hydrogen) atoms. The lowest BCUT2D eigenvalue weighted by atomic mass is 9.94. The van der Waals surface area contributed by atoms with Crippen LogP contribution in [-0.4, -0.2) is 12.6 Å². The molecule has 0 bridgehead atoms. The summed E-state index contributed by atoms with van der Waals surface area (Å²) in [5, 5.41) is 3.65. The van der Waals surface area contributed by atoms with Crippen LogP contribution in [0.2, 0.25) is 0 Å². The van der Waals surface area contributed by atoms with Crippen LogP contribution >= 0.6 is 0 Å². The van der Waals surface area contributed by atoms with Gasteiger partial charge < -0.3 is 10.1 Å². The molecule has 0 radical (unpaired) electrons. The summed E-state index contributed by atoms with van der Waals surface area (Å²) in [4.78, 5) is 0. The Morgan fingerprint density at radius 1 is 1.24 bits per heavy atom. The van der Waals surface area contributed by atoms with E-state index in [1.807, 2.05) is 0 Å². The quantitative estimate of drug-likeness (QED) is 0.719. The number of rotatable bonds is 8. The van der Waals surface area contributed by atoms with Gasteiger partial charge in [-0.2, -0.15) is 0 Å². The molecule has 1 aliphatic carbocycles. The van der Waals surface area contributed by atoms with Crippen LogP contribution in [0.3, 0.4) is 0 Å². The molecule has 1 saturated carbocycles. The highest BCUT2D eigenvalue weighted by atomic mass is 16.5. The first kappa shape index (κ1) is 16.4. The maximum atomic E-state index is 5.83. The summed E-state index contributed by atoms with van der Waals surface area (Å²) in [5.74, 6) is 1.95. The first-order valence-electron chi connectivity index (χ1n) is 8.69. The van der Waals surface area contributed by atoms with Crippen molar-refractivity contribution in [2.24, 2.45) is 5.92 Å². The lowest BCUT2D eigenvalue weighted by Gasteiger charge is -2.21. The maximum Gasteiger partial charge on any atom is 0.120 e. The summed E-state index contributed by atoms with van der Waals surface area (Å²) >= 11 is 0. The average molecular weight is 289 g/mol. The fourth-order valence-electron chi connectivity index (χ4n) is 3.41. The second kappa shape index (κ2) is 8.43. The molecular formula is C19H31NO. The SMILES string of the molecule is CCNC(CCC1CCCC1)c1cccc(OC(C)C)c1. The Morgan fingerprint density at radius 3 is 2.67 bits per heavy atom. The molecule has 2 heteroatoms. The zero-order valence-corrected chi connectivity index (χ0v) is 13.9. The maximum absolute atomic E-state index is 5.83. The Balaban J connectivity index is 1.98. The van der Waals surface area contributed by atoms with Gasteiger partial charge in [-0.25, -0.2) is 0 Å². The first-order valence-corrected chi connectivity index (χ1v) is 8.69. The molecule has 0 amide bonds. The molecule has 0 heterocycles. The molecule has 2 nitrogen and oxygen atoms in total. The van der Waals surface area contributed by atoms with Crippen LogP contribution in [0, 0.1) is 5.92 Å². The number of hydrogen-bond acceptors (Lipinski definition) is 2. The Hall–Kier alpha value is -1.02. The zero-order chi connectivity index (χ0) is 15.1. The number of benzene rings is 1. The van der Waals surface area contributed by atoms with Crippen molar-refractivity contribution in [3.05, 3.63) is 29.8 Å². The Morgan fingerprint density at radius 2 is 2.00 bits per heavy atom. The van der Waals surface area contributed by atoms with Crippen molar-refractivity contribution in [1.29, 1.82) is 0 Å². The number of hydrogen-bond donors (Lipinski definition) is 1. The summed E-state index contributed by atoms with van der Waals surface area (Å²) in [6.07, 6.45) is 8.58. The predicted octanol–water partition coefficient (Wildman–Crippen LogP) is 5.09. The van der Waals surface area contributed by atoms with Gasteiger partial charge in [0.05, 0.1) is 6.10 Å². The number of ether oxygens (including phenoxy) is 1. The van der Waals surface area contributed by atoms with E-state index in [0.717, 1.165) is 18.2 Å². The molecule has 1 N–H and O–H groups in total. The highest BCUT2D eigenvalue weighted by Gasteiger charge is 2.18. The minimum Gasteiger partial charge on any atom is -0.491 e. The van der Waals surface area contributed by atoms with E-state index in [-0.39, 0.29) is 6.10 Å². The first-order chi connectivity index (χ1) is 10.2. The lowest BCUT2D eigenvalue weighted by molar-refractivity contribution is 0.242. The standard InChI is InChI=1S/C19H31NO/c1-4-20-19(13-12-16-8-5-6-9-16)17-10-7-11-18(14-17)21-15(2)3/h7,10-11,14-16,19-20H,4-6,8-9,12-13H2,1-3H3. The van der Waals surface area contributed by atoms with Crippen LogP contribution in [0.1, 0.15) is 70.9 Å². The van der Waals surface area contributed by atoms with Crippen LogP contribution in [0.5, 0.6) is 5.75 Å². The second-order valence-corrected chi connectivity index (χ2v) is 6.58. The minimum absolute atomic E-state index is 0.233. The van der Waals surface area contributed by atoms with E-state index in [9.17, 15) is 0 Å².